The van der Waals surface area contributed by atoms with Crippen LogP contribution in [0.5, 0.6) is 0 Å². The predicted molar refractivity (Wildman–Crippen MR) is 56.3 cm³/mol. The maximum atomic E-state index is 11.9. The number of alkyl halides is 3. The number of hydrogen-bond acceptors (Lipinski definition) is 4. The van der Waals surface area contributed by atoms with Gasteiger partial charge in [0.05, 0.1) is 0 Å². The lowest BCUT2D eigenvalue weighted by molar-refractivity contribution is -0.134. The molecule has 0 amide bonds. The molecule has 0 aromatic carbocycles. The fraction of sp³-hybridized carbons (Fsp3) is 0.778. The van der Waals surface area contributed by atoms with E-state index in [1.807, 2.05) is 6.92 Å². The van der Waals surface area contributed by atoms with Crippen molar-refractivity contribution in [3.63, 3.8) is 0 Å². The van der Waals surface area contributed by atoms with Crippen molar-refractivity contribution in [1.29, 1.82) is 0 Å². The second-order valence-electron chi connectivity index (χ2n) is 3.38. The Bertz CT molecular complexity index is 311. The molecular formula is C9H14F3N3S. The Hall–Kier alpha value is -0.690. The molecule has 3 nitrogen and oxygen atoms in total. The zero-order valence-corrected chi connectivity index (χ0v) is 9.79. The largest absolute Gasteiger partial charge is 0.389 e. The van der Waals surface area contributed by atoms with E-state index in [2.05, 4.69) is 15.5 Å². The van der Waals surface area contributed by atoms with Crippen molar-refractivity contribution in [2.45, 2.75) is 38.9 Å². The molecule has 16 heavy (non-hydrogen) atoms. The predicted octanol–water partition coefficient (Wildman–Crippen LogP) is 2.53. The van der Waals surface area contributed by atoms with E-state index in [-0.39, 0.29) is 6.42 Å². The lowest BCUT2D eigenvalue weighted by Gasteiger charge is -2.02. The zero-order chi connectivity index (χ0) is 12.0. The highest BCUT2D eigenvalue weighted by Crippen LogP contribution is 2.23. The number of nitrogens with zero attached hydrogens (tertiary/aromatic N) is 2. The number of halogens is 3. The average Bonchev–Trinajstić information content (AvgIpc) is 2.62. The minimum absolute atomic E-state index is 0.0745. The van der Waals surface area contributed by atoms with E-state index in [0.717, 1.165) is 18.0 Å². The third-order valence-corrected chi connectivity index (χ3v) is 2.82. The fourth-order valence-corrected chi connectivity index (χ4v) is 1.90. The summed E-state index contributed by atoms with van der Waals surface area (Å²) < 4.78 is 35.8. The molecule has 0 saturated heterocycles. The van der Waals surface area contributed by atoms with Crippen molar-refractivity contribution in [2.75, 3.05) is 6.54 Å². The molecule has 0 aliphatic rings. The van der Waals surface area contributed by atoms with Gasteiger partial charge in [0, 0.05) is 19.4 Å². The van der Waals surface area contributed by atoms with Crippen LogP contribution in [0, 0.1) is 0 Å². The van der Waals surface area contributed by atoms with Crippen LogP contribution in [0.3, 0.4) is 0 Å². The highest BCUT2D eigenvalue weighted by molar-refractivity contribution is 7.11. The molecule has 0 unspecified atom stereocenters. The standard InChI is InChI=1S/C9H14F3N3S/c1-2-5-13-6-8-15-14-7(16-8)3-4-9(10,11)12/h13H,2-6H2,1H3. The molecule has 7 heteroatoms. The summed E-state index contributed by atoms with van der Waals surface area (Å²) in [7, 11) is 0. The maximum absolute atomic E-state index is 11.9. The second-order valence-corrected chi connectivity index (χ2v) is 4.53. The van der Waals surface area contributed by atoms with Gasteiger partial charge in [-0.25, -0.2) is 0 Å². The third-order valence-electron chi connectivity index (χ3n) is 1.83. The van der Waals surface area contributed by atoms with Crippen LogP contribution in [-0.4, -0.2) is 22.9 Å². The summed E-state index contributed by atoms with van der Waals surface area (Å²) in [4.78, 5) is 0. The maximum Gasteiger partial charge on any atom is 0.389 e. The van der Waals surface area contributed by atoms with E-state index in [4.69, 9.17) is 0 Å². The molecule has 0 spiro atoms. The Morgan fingerprint density at radius 1 is 1.25 bits per heavy atom. The van der Waals surface area contributed by atoms with Crippen molar-refractivity contribution in [3.05, 3.63) is 10.0 Å². The third kappa shape index (κ3) is 5.41. The van der Waals surface area contributed by atoms with Gasteiger partial charge in [0.25, 0.3) is 0 Å². The molecule has 0 saturated carbocycles. The van der Waals surface area contributed by atoms with Gasteiger partial charge < -0.3 is 5.32 Å². The zero-order valence-electron chi connectivity index (χ0n) is 8.97. The van der Waals surface area contributed by atoms with E-state index in [1.165, 1.54) is 11.3 Å². The van der Waals surface area contributed by atoms with Crippen LogP contribution in [0.1, 0.15) is 29.8 Å². The molecule has 0 bridgehead atoms. The Balaban J connectivity index is 2.33. The molecule has 0 aliphatic carbocycles. The van der Waals surface area contributed by atoms with Gasteiger partial charge in [-0.2, -0.15) is 13.2 Å². The number of aromatic nitrogens is 2. The van der Waals surface area contributed by atoms with Gasteiger partial charge in [0.15, 0.2) is 0 Å². The molecule has 0 aliphatic heterocycles. The number of aryl methyl sites for hydroxylation is 1. The molecule has 1 heterocycles. The summed E-state index contributed by atoms with van der Waals surface area (Å²) >= 11 is 1.24. The van der Waals surface area contributed by atoms with Crippen LogP contribution in [0.15, 0.2) is 0 Å². The number of hydrogen-bond donors (Lipinski definition) is 1. The van der Waals surface area contributed by atoms with Crippen molar-refractivity contribution < 1.29 is 13.2 Å². The van der Waals surface area contributed by atoms with Crippen molar-refractivity contribution >= 4 is 11.3 Å². The summed E-state index contributed by atoms with van der Waals surface area (Å²) in [5.74, 6) is 0. The van der Waals surface area contributed by atoms with Gasteiger partial charge in [0.2, 0.25) is 0 Å². The lowest BCUT2D eigenvalue weighted by atomic mass is 10.3. The monoisotopic (exact) mass is 253 g/mol. The Morgan fingerprint density at radius 3 is 2.56 bits per heavy atom. The minimum Gasteiger partial charge on any atom is -0.310 e. The summed E-state index contributed by atoms with van der Waals surface area (Å²) in [6, 6.07) is 0. The fourth-order valence-electron chi connectivity index (χ4n) is 1.08. The second kappa shape index (κ2) is 6.15. The first-order valence-electron chi connectivity index (χ1n) is 5.10. The highest BCUT2D eigenvalue weighted by atomic mass is 32.1. The van der Waals surface area contributed by atoms with Crippen LogP contribution < -0.4 is 5.32 Å². The topological polar surface area (TPSA) is 37.8 Å². The van der Waals surface area contributed by atoms with Crippen molar-refractivity contribution in [3.8, 4) is 0 Å². The van der Waals surface area contributed by atoms with Crippen LogP contribution >= 0.6 is 11.3 Å². The van der Waals surface area contributed by atoms with Gasteiger partial charge >= 0.3 is 6.18 Å². The van der Waals surface area contributed by atoms with E-state index >= 15 is 0 Å². The molecule has 0 radical (unpaired) electrons. The SMILES string of the molecule is CCCNCc1nnc(CCC(F)(F)F)s1. The first kappa shape index (κ1) is 13.4. The van der Waals surface area contributed by atoms with Gasteiger partial charge in [-0.3, -0.25) is 0 Å². The smallest absolute Gasteiger partial charge is 0.310 e. The average molecular weight is 253 g/mol. The quantitative estimate of drug-likeness (QED) is 0.792. The first-order valence-corrected chi connectivity index (χ1v) is 5.91. The molecule has 1 N–H and O–H groups in total. The number of nitrogens with one attached hydrogen (secondary N) is 1. The van der Waals surface area contributed by atoms with Crippen LogP contribution in [-0.2, 0) is 13.0 Å². The number of rotatable bonds is 6. The Kier molecular flexibility index (Phi) is 5.14. The van der Waals surface area contributed by atoms with Gasteiger partial charge in [-0.1, -0.05) is 6.92 Å². The summed E-state index contributed by atoms with van der Waals surface area (Å²) in [6.45, 7) is 3.50. The molecule has 0 atom stereocenters. The summed E-state index contributed by atoms with van der Waals surface area (Å²) in [5.41, 5.74) is 0. The Morgan fingerprint density at radius 2 is 1.94 bits per heavy atom. The minimum atomic E-state index is -4.12. The highest BCUT2D eigenvalue weighted by Gasteiger charge is 2.27. The normalized spacial score (nSPS) is 12.0. The van der Waals surface area contributed by atoms with E-state index in [0.29, 0.717) is 11.6 Å². The van der Waals surface area contributed by atoms with Gasteiger partial charge in [-0.15, -0.1) is 21.5 Å². The molecule has 92 valence electrons. The van der Waals surface area contributed by atoms with Crippen molar-refractivity contribution in [1.82, 2.24) is 15.5 Å². The van der Waals surface area contributed by atoms with E-state index in [1.54, 1.807) is 0 Å². The van der Waals surface area contributed by atoms with E-state index in [9.17, 15) is 13.2 Å². The van der Waals surface area contributed by atoms with Crippen LogP contribution in [0.25, 0.3) is 0 Å². The molecular weight excluding hydrogens is 239 g/mol. The Labute approximate surface area is 96.1 Å². The molecule has 1 rings (SSSR count). The summed E-state index contributed by atoms with van der Waals surface area (Å²) in [5, 5.41) is 11.9. The van der Waals surface area contributed by atoms with Gasteiger partial charge in [-0.05, 0) is 13.0 Å². The molecule has 1 aromatic heterocycles. The summed E-state index contributed by atoms with van der Waals surface area (Å²) in [6.07, 6.45) is -4.01. The van der Waals surface area contributed by atoms with Gasteiger partial charge in [0.1, 0.15) is 10.0 Å². The first-order chi connectivity index (χ1) is 7.51. The van der Waals surface area contributed by atoms with Crippen LogP contribution in [0.4, 0.5) is 13.2 Å². The van der Waals surface area contributed by atoms with E-state index < -0.39 is 12.6 Å². The van der Waals surface area contributed by atoms with Crippen molar-refractivity contribution in [2.24, 2.45) is 0 Å². The molecule has 1 aromatic rings. The van der Waals surface area contributed by atoms with Crippen LogP contribution in [0.2, 0.25) is 0 Å². The molecule has 0 fully saturated rings. The lowest BCUT2D eigenvalue weighted by Crippen LogP contribution is -2.13.